The molecule has 198 valence electrons. The van der Waals surface area contributed by atoms with Gasteiger partial charge in [0.2, 0.25) is 0 Å². The van der Waals surface area contributed by atoms with E-state index in [1.165, 1.54) is 44.2 Å². The second-order valence-electron chi connectivity index (χ2n) is 10.3. The van der Waals surface area contributed by atoms with Crippen molar-refractivity contribution in [1.82, 2.24) is 14.0 Å². The van der Waals surface area contributed by atoms with E-state index in [2.05, 4.69) is 17.1 Å². The Balaban J connectivity index is 1.18. The van der Waals surface area contributed by atoms with Gasteiger partial charge in [0.25, 0.3) is 0 Å². The van der Waals surface area contributed by atoms with Crippen LogP contribution in [0.5, 0.6) is 0 Å². The molecule has 1 aliphatic carbocycles. The summed E-state index contributed by atoms with van der Waals surface area (Å²) in [6.45, 7) is 5.01. The number of nitrogens with zero attached hydrogens (tertiary/aromatic N) is 4. The Hall–Kier alpha value is -3.00. The first kappa shape index (κ1) is 25.6. The van der Waals surface area contributed by atoms with Crippen LogP contribution in [0.3, 0.4) is 0 Å². The van der Waals surface area contributed by atoms with Crippen molar-refractivity contribution in [3.05, 3.63) is 76.7 Å². The molecule has 0 bridgehead atoms. The summed E-state index contributed by atoms with van der Waals surface area (Å²) in [5, 5.41) is 0. The zero-order valence-corrected chi connectivity index (χ0v) is 21.2. The van der Waals surface area contributed by atoms with Gasteiger partial charge in [0.05, 0.1) is 16.6 Å². The number of alkyl halides is 3. The van der Waals surface area contributed by atoms with Crippen LogP contribution < -0.4 is 10.6 Å². The molecule has 5 rings (SSSR count). The van der Waals surface area contributed by atoms with Crippen molar-refractivity contribution < 1.29 is 13.2 Å². The van der Waals surface area contributed by atoms with Crippen molar-refractivity contribution in [2.75, 3.05) is 37.6 Å². The monoisotopic (exact) mass is 512 g/mol. The molecule has 0 radical (unpaired) electrons. The Labute approximate surface area is 215 Å². The molecule has 2 aliphatic rings. The number of fused-ring (bicyclic) bond motifs is 1. The summed E-state index contributed by atoms with van der Waals surface area (Å²) in [5.74, 6) is 0.579. The minimum atomic E-state index is -4.33. The summed E-state index contributed by atoms with van der Waals surface area (Å²) in [4.78, 5) is 17.6. The first-order chi connectivity index (χ1) is 17.9. The quantitative estimate of drug-likeness (QED) is 0.376. The maximum absolute atomic E-state index is 13.3. The average Bonchev–Trinajstić information content (AvgIpc) is 3.17. The van der Waals surface area contributed by atoms with Crippen molar-refractivity contribution in [3.8, 4) is 0 Å². The van der Waals surface area contributed by atoms with Crippen LogP contribution in [0, 0.1) is 5.92 Å². The molecule has 0 atom stereocenters. The van der Waals surface area contributed by atoms with Crippen molar-refractivity contribution in [3.63, 3.8) is 0 Å². The smallest absolute Gasteiger partial charge is 0.369 e. The zero-order valence-electron chi connectivity index (χ0n) is 21.2. The fourth-order valence-electron chi connectivity index (χ4n) is 5.72. The van der Waals surface area contributed by atoms with Crippen LogP contribution in [-0.2, 0) is 19.3 Å². The molecule has 1 saturated carbocycles. The lowest BCUT2D eigenvalue weighted by Crippen LogP contribution is -2.46. The van der Waals surface area contributed by atoms with Gasteiger partial charge in [0, 0.05) is 51.5 Å². The number of hydrogen-bond donors (Lipinski definition) is 0. The van der Waals surface area contributed by atoms with Gasteiger partial charge in [0.15, 0.2) is 0 Å². The third kappa shape index (κ3) is 5.95. The van der Waals surface area contributed by atoms with Crippen LogP contribution in [0.2, 0.25) is 0 Å². The van der Waals surface area contributed by atoms with E-state index in [-0.39, 0.29) is 5.69 Å². The lowest BCUT2D eigenvalue weighted by atomic mass is 9.89. The summed E-state index contributed by atoms with van der Waals surface area (Å²) >= 11 is 0. The van der Waals surface area contributed by atoms with Crippen molar-refractivity contribution in [2.45, 2.75) is 51.4 Å². The van der Waals surface area contributed by atoms with Gasteiger partial charge >= 0.3 is 11.9 Å². The Bertz CT molecular complexity index is 1280. The van der Waals surface area contributed by atoms with Crippen molar-refractivity contribution in [2.24, 2.45) is 5.92 Å². The van der Waals surface area contributed by atoms with Gasteiger partial charge in [-0.15, -0.1) is 0 Å². The summed E-state index contributed by atoms with van der Waals surface area (Å²) in [6.07, 6.45) is 6.05. The fourth-order valence-corrected chi connectivity index (χ4v) is 5.72. The second kappa shape index (κ2) is 11.2. The van der Waals surface area contributed by atoms with Gasteiger partial charge in [-0.2, -0.15) is 13.2 Å². The third-order valence-electron chi connectivity index (χ3n) is 7.82. The van der Waals surface area contributed by atoms with Crippen molar-refractivity contribution in [1.29, 1.82) is 0 Å². The Morgan fingerprint density at radius 3 is 2.19 bits per heavy atom. The molecule has 0 unspecified atom stereocenters. The Kier molecular flexibility index (Phi) is 7.74. The van der Waals surface area contributed by atoms with Gasteiger partial charge < -0.3 is 4.90 Å². The molecule has 8 heteroatoms. The molecule has 37 heavy (non-hydrogen) atoms. The maximum atomic E-state index is 13.3. The largest absolute Gasteiger partial charge is 0.416 e. The molecule has 2 fully saturated rings. The highest BCUT2D eigenvalue weighted by Gasteiger charge is 2.31. The highest BCUT2D eigenvalue weighted by molar-refractivity contribution is 5.76. The van der Waals surface area contributed by atoms with E-state index in [0.717, 1.165) is 43.3 Å². The van der Waals surface area contributed by atoms with E-state index in [4.69, 9.17) is 0 Å². The summed E-state index contributed by atoms with van der Waals surface area (Å²) in [5.41, 5.74) is 2.06. The second-order valence-corrected chi connectivity index (χ2v) is 10.3. The number of anilines is 1. The van der Waals surface area contributed by atoms with Crippen LogP contribution in [0.1, 0.15) is 37.7 Å². The molecule has 1 aromatic heterocycles. The first-order valence-electron chi connectivity index (χ1n) is 13.4. The van der Waals surface area contributed by atoms with Gasteiger partial charge in [-0.3, -0.25) is 14.0 Å². The van der Waals surface area contributed by atoms with E-state index in [9.17, 15) is 18.0 Å². The van der Waals surface area contributed by atoms with Gasteiger partial charge in [-0.1, -0.05) is 49.6 Å². The molecule has 1 aliphatic heterocycles. The molecule has 0 spiro atoms. The molecular formula is C29H35F3N4O. The first-order valence-corrected chi connectivity index (χ1v) is 13.4. The number of allylic oxidation sites excluding steroid dienone is 1. The van der Waals surface area contributed by atoms with Gasteiger partial charge in [-0.25, -0.2) is 4.79 Å². The Morgan fingerprint density at radius 1 is 0.811 bits per heavy atom. The van der Waals surface area contributed by atoms with Crippen molar-refractivity contribution >= 4 is 16.7 Å². The summed E-state index contributed by atoms with van der Waals surface area (Å²) in [6, 6.07) is 13.6. The molecule has 2 aromatic carbocycles. The number of benzene rings is 2. The molecule has 1 saturated heterocycles. The van der Waals surface area contributed by atoms with Crippen LogP contribution in [0.15, 0.2) is 65.5 Å². The predicted molar refractivity (Wildman–Crippen MR) is 142 cm³/mol. The van der Waals surface area contributed by atoms with Crippen LogP contribution >= 0.6 is 0 Å². The van der Waals surface area contributed by atoms with E-state index >= 15 is 0 Å². The number of aromatic nitrogens is 2. The highest BCUT2D eigenvalue weighted by Crippen LogP contribution is 2.32. The number of hydrogen-bond acceptors (Lipinski definition) is 3. The summed E-state index contributed by atoms with van der Waals surface area (Å²) in [7, 11) is 0. The van der Waals surface area contributed by atoms with E-state index in [0.29, 0.717) is 31.2 Å². The third-order valence-corrected chi connectivity index (χ3v) is 7.82. The number of halogens is 3. The van der Waals surface area contributed by atoms with E-state index in [1.54, 1.807) is 6.07 Å². The predicted octanol–water partition coefficient (Wildman–Crippen LogP) is 5.78. The molecule has 0 amide bonds. The molecule has 2 heterocycles. The van der Waals surface area contributed by atoms with Crippen LogP contribution in [0.4, 0.5) is 18.9 Å². The van der Waals surface area contributed by atoms with E-state index in [1.807, 2.05) is 38.3 Å². The minimum Gasteiger partial charge on any atom is -0.369 e. The lowest BCUT2D eigenvalue weighted by molar-refractivity contribution is -0.137. The van der Waals surface area contributed by atoms with Crippen LogP contribution in [0.25, 0.3) is 11.0 Å². The topological polar surface area (TPSA) is 33.4 Å². The number of piperazine rings is 1. The van der Waals surface area contributed by atoms with Gasteiger partial charge in [0.1, 0.15) is 0 Å². The highest BCUT2D eigenvalue weighted by atomic mass is 19.4. The summed E-state index contributed by atoms with van der Waals surface area (Å²) < 4.78 is 43.0. The standard InChI is InChI=1S/C29H35F3N4O/c30-29(31,32)24-11-8-12-25(21-24)34-19-17-33(18-20-34)15-6-7-16-35-26-13-4-5-14-27(26)36(28(35)37)22-23-9-2-1-3-10-23/h4-8,11-14,21,23H,1-3,9-10,15-20,22H2/b7-6+. The zero-order chi connectivity index (χ0) is 25.8. The number of imidazole rings is 1. The fraction of sp³-hybridized carbons (Fsp3) is 0.483. The van der Waals surface area contributed by atoms with Crippen LogP contribution in [-0.4, -0.2) is 46.8 Å². The maximum Gasteiger partial charge on any atom is 0.416 e. The van der Waals surface area contributed by atoms with Gasteiger partial charge in [-0.05, 0) is 49.1 Å². The number of rotatable bonds is 7. The molecule has 0 N–H and O–H groups in total. The molecular weight excluding hydrogens is 477 g/mol. The lowest BCUT2D eigenvalue weighted by Gasteiger charge is -2.35. The average molecular weight is 513 g/mol. The SMILES string of the molecule is O=c1n(C/C=C/CN2CCN(c3cccc(C(F)(F)F)c3)CC2)c2ccccc2n1CC1CCCCC1. The minimum absolute atomic E-state index is 0.0612. The normalized spacial score (nSPS) is 18.3. The molecule has 5 nitrogen and oxygen atoms in total. The van der Waals surface area contributed by atoms with E-state index < -0.39 is 11.7 Å². The Morgan fingerprint density at radius 2 is 1.49 bits per heavy atom. The molecule has 3 aromatic rings. The number of para-hydroxylation sites is 2.